The number of benzene rings is 2. The first-order chi connectivity index (χ1) is 14.4. The largest absolute Gasteiger partial charge is 0.350 e. The average Bonchev–Trinajstić information content (AvgIpc) is 2.72. The number of carbonyl (C=O) groups is 1. The maximum Gasteiger partial charge on any atom is 0.254 e. The molecule has 0 saturated heterocycles. The van der Waals surface area contributed by atoms with E-state index in [1.165, 1.54) is 11.8 Å². The second-order valence-corrected chi connectivity index (χ2v) is 8.39. The molecule has 156 valence electrons. The van der Waals surface area contributed by atoms with Gasteiger partial charge in [-0.25, -0.2) is 4.98 Å². The van der Waals surface area contributed by atoms with Gasteiger partial charge in [0, 0.05) is 28.5 Å². The fourth-order valence-electron chi connectivity index (χ4n) is 3.13. The van der Waals surface area contributed by atoms with E-state index in [0.717, 1.165) is 16.9 Å². The van der Waals surface area contributed by atoms with Gasteiger partial charge in [0.05, 0.1) is 6.04 Å². The van der Waals surface area contributed by atoms with E-state index in [1.807, 2.05) is 55.5 Å². The molecule has 1 unspecified atom stereocenters. The van der Waals surface area contributed by atoms with Crippen molar-refractivity contribution in [2.75, 3.05) is 0 Å². The summed E-state index contributed by atoms with van der Waals surface area (Å²) in [6, 6.07) is 17.2. The quantitative estimate of drug-likeness (QED) is 0.387. The van der Waals surface area contributed by atoms with E-state index >= 15 is 0 Å². The van der Waals surface area contributed by atoms with Gasteiger partial charge in [-0.05, 0) is 37.5 Å². The lowest BCUT2D eigenvalue weighted by atomic mass is 10.1. The van der Waals surface area contributed by atoms with Crippen LogP contribution in [0.15, 0.2) is 64.5 Å². The Morgan fingerprint density at radius 3 is 2.57 bits per heavy atom. The molecule has 1 heterocycles. The van der Waals surface area contributed by atoms with Gasteiger partial charge in [0.2, 0.25) is 5.91 Å². The van der Waals surface area contributed by atoms with E-state index in [2.05, 4.69) is 15.3 Å². The highest BCUT2D eigenvalue weighted by Gasteiger charge is 2.14. The number of aryl methyl sites for hydroxylation is 1. The number of rotatable bonds is 8. The fraction of sp³-hybridized carbons (Fsp3) is 0.261. The standard InChI is InChI=1S/C23H24ClN3O2S/c1-15(18-10-6-7-11-20(18)24)25-21(28)13-12-19-16(2)26-23(27-22(19)29)30-14-17-8-4-3-5-9-17/h3-11,15H,12-14H2,1-2H3,(H,25,28)(H,26,27,29). The summed E-state index contributed by atoms with van der Waals surface area (Å²) in [5, 5.41) is 4.14. The fourth-order valence-corrected chi connectivity index (χ4v) is 4.29. The molecule has 2 aromatic carbocycles. The summed E-state index contributed by atoms with van der Waals surface area (Å²) in [7, 11) is 0. The molecule has 0 aliphatic heterocycles. The van der Waals surface area contributed by atoms with Crippen molar-refractivity contribution >= 4 is 29.3 Å². The highest BCUT2D eigenvalue weighted by Crippen LogP contribution is 2.22. The molecule has 0 fully saturated rings. The Bertz CT molecular complexity index is 1070. The van der Waals surface area contributed by atoms with E-state index in [0.29, 0.717) is 27.9 Å². The number of amides is 1. The van der Waals surface area contributed by atoms with Crippen LogP contribution in [-0.4, -0.2) is 15.9 Å². The smallest absolute Gasteiger partial charge is 0.254 e. The first kappa shape index (κ1) is 22.1. The van der Waals surface area contributed by atoms with Crippen LogP contribution in [-0.2, 0) is 17.0 Å². The molecular weight excluding hydrogens is 418 g/mol. The first-order valence-electron chi connectivity index (χ1n) is 9.74. The van der Waals surface area contributed by atoms with Gasteiger partial charge >= 0.3 is 0 Å². The Kier molecular flexibility index (Phi) is 7.71. The minimum Gasteiger partial charge on any atom is -0.350 e. The number of thioether (sulfide) groups is 1. The van der Waals surface area contributed by atoms with Crippen molar-refractivity contribution in [3.8, 4) is 0 Å². The van der Waals surface area contributed by atoms with Crippen molar-refractivity contribution in [1.29, 1.82) is 0 Å². The summed E-state index contributed by atoms with van der Waals surface area (Å²) in [5.41, 5.74) is 3.03. The minimum absolute atomic E-state index is 0.135. The molecule has 1 aromatic heterocycles. The molecule has 7 heteroatoms. The topological polar surface area (TPSA) is 74.8 Å². The Labute approximate surface area is 185 Å². The molecule has 1 amide bonds. The first-order valence-corrected chi connectivity index (χ1v) is 11.1. The lowest BCUT2D eigenvalue weighted by molar-refractivity contribution is -0.121. The summed E-state index contributed by atoms with van der Waals surface area (Å²) in [4.78, 5) is 32.2. The zero-order valence-corrected chi connectivity index (χ0v) is 18.5. The van der Waals surface area contributed by atoms with Crippen LogP contribution in [0.4, 0.5) is 0 Å². The van der Waals surface area contributed by atoms with Crippen LogP contribution in [0.3, 0.4) is 0 Å². The minimum atomic E-state index is -0.208. The zero-order chi connectivity index (χ0) is 21.5. The lowest BCUT2D eigenvalue weighted by Crippen LogP contribution is -2.28. The van der Waals surface area contributed by atoms with Crippen LogP contribution in [0.25, 0.3) is 0 Å². The van der Waals surface area contributed by atoms with Crippen molar-refractivity contribution in [2.45, 2.75) is 43.6 Å². The predicted molar refractivity (Wildman–Crippen MR) is 122 cm³/mol. The molecule has 0 aliphatic rings. The van der Waals surface area contributed by atoms with Crippen molar-refractivity contribution < 1.29 is 4.79 Å². The van der Waals surface area contributed by atoms with Gasteiger partial charge in [0.25, 0.3) is 5.56 Å². The molecule has 0 spiro atoms. The second kappa shape index (κ2) is 10.5. The molecular formula is C23H24ClN3O2S. The lowest BCUT2D eigenvalue weighted by Gasteiger charge is -2.15. The van der Waals surface area contributed by atoms with Gasteiger partial charge in [-0.1, -0.05) is 71.9 Å². The third-order valence-electron chi connectivity index (χ3n) is 4.77. The van der Waals surface area contributed by atoms with Gasteiger partial charge in [-0.2, -0.15) is 0 Å². The number of carbonyl (C=O) groups excluding carboxylic acids is 1. The summed E-state index contributed by atoms with van der Waals surface area (Å²) >= 11 is 7.67. The highest BCUT2D eigenvalue weighted by molar-refractivity contribution is 7.98. The number of H-pyrrole nitrogens is 1. The molecule has 0 aliphatic carbocycles. The monoisotopic (exact) mass is 441 g/mol. The van der Waals surface area contributed by atoms with E-state index in [-0.39, 0.29) is 23.9 Å². The van der Waals surface area contributed by atoms with Crippen molar-refractivity contribution in [3.63, 3.8) is 0 Å². The van der Waals surface area contributed by atoms with Crippen molar-refractivity contribution in [1.82, 2.24) is 15.3 Å². The second-order valence-electron chi connectivity index (χ2n) is 7.02. The molecule has 3 aromatic rings. The number of hydrogen-bond donors (Lipinski definition) is 2. The van der Waals surface area contributed by atoms with Crippen LogP contribution in [0.2, 0.25) is 5.02 Å². The zero-order valence-electron chi connectivity index (χ0n) is 16.9. The third kappa shape index (κ3) is 5.97. The summed E-state index contributed by atoms with van der Waals surface area (Å²) < 4.78 is 0. The van der Waals surface area contributed by atoms with E-state index in [4.69, 9.17) is 11.6 Å². The van der Waals surface area contributed by atoms with Crippen LogP contribution in [0.5, 0.6) is 0 Å². The molecule has 30 heavy (non-hydrogen) atoms. The molecule has 3 rings (SSSR count). The Morgan fingerprint density at radius 2 is 1.87 bits per heavy atom. The van der Waals surface area contributed by atoms with E-state index < -0.39 is 0 Å². The summed E-state index contributed by atoms with van der Waals surface area (Å²) in [6.07, 6.45) is 0.537. The number of hydrogen-bond acceptors (Lipinski definition) is 4. The third-order valence-corrected chi connectivity index (χ3v) is 6.06. The molecule has 0 bridgehead atoms. The van der Waals surface area contributed by atoms with Crippen molar-refractivity contribution in [2.24, 2.45) is 0 Å². The van der Waals surface area contributed by atoms with Gasteiger partial charge in [-0.3, -0.25) is 9.59 Å². The van der Waals surface area contributed by atoms with Crippen LogP contribution in [0.1, 0.15) is 41.8 Å². The molecule has 0 saturated carbocycles. The molecule has 1 atom stereocenters. The van der Waals surface area contributed by atoms with Gasteiger partial charge < -0.3 is 10.3 Å². The summed E-state index contributed by atoms with van der Waals surface area (Å²) in [6.45, 7) is 3.69. The molecule has 0 radical (unpaired) electrons. The Morgan fingerprint density at radius 1 is 1.17 bits per heavy atom. The van der Waals surface area contributed by atoms with E-state index in [9.17, 15) is 9.59 Å². The van der Waals surface area contributed by atoms with Gasteiger partial charge in [0.15, 0.2) is 5.16 Å². The SMILES string of the molecule is Cc1nc(SCc2ccccc2)[nH]c(=O)c1CCC(=O)NC(C)c1ccccc1Cl. The number of aromatic amines is 1. The number of nitrogens with zero attached hydrogens (tertiary/aromatic N) is 1. The number of halogens is 1. The van der Waals surface area contributed by atoms with Crippen LogP contribution >= 0.6 is 23.4 Å². The predicted octanol–water partition coefficient (Wildman–Crippen LogP) is 4.83. The maximum absolute atomic E-state index is 12.5. The van der Waals surface area contributed by atoms with E-state index in [1.54, 1.807) is 13.0 Å². The summed E-state index contributed by atoms with van der Waals surface area (Å²) in [5.74, 6) is 0.592. The number of nitrogens with one attached hydrogen (secondary N) is 2. The maximum atomic E-state index is 12.5. The molecule has 2 N–H and O–H groups in total. The normalized spacial score (nSPS) is 11.8. The van der Waals surface area contributed by atoms with Gasteiger partial charge in [0.1, 0.15) is 0 Å². The van der Waals surface area contributed by atoms with Crippen LogP contribution < -0.4 is 10.9 Å². The van der Waals surface area contributed by atoms with Crippen LogP contribution in [0, 0.1) is 6.92 Å². The van der Waals surface area contributed by atoms with Crippen molar-refractivity contribution in [3.05, 3.63) is 92.4 Å². The van der Waals surface area contributed by atoms with Gasteiger partial charge in [-0.15, -0.1) is 0 Å². The number of aromatic nitrogens is 2. The Hall–Kier alpha value is -2.57. The molecule has 5 nitrogen and oxygen atoms in total. The average molecular weight is 442 g/mol. The highest BCUT2D eigenvalue weighted by atomic mass is 35.5. The Balaban J connectivity index is 1.58.